The highest BCUT2D eigenvalue weighted by Crippen LogP contribution is 2.37. The van der Waals surface area contributed by atoms with Gasteiger partial charge in [0.25, 0.3) is 0 Å². The summed E-state index contributed by atoms with van der Waals surface area (Å²) in [5.74, 6) is 0.931. The molecule has 0 spiro atoms. The van der Waals surface area contributed by atoms with E-state index >= 15 is 0 Å². The second-order valence-electron chi connectivity index (χ2n) is 3.41. The topological polar surface area (TPSA) is 26.3 Å². The molecule has 1 aliphatic carbocycles. The maximum Gasteiger partial charge on any atom is 0.179 e. The highest BCUT2D eigenvalue weighted by atomic mass is 16.5. The van der Waals surface area contributed by atoms with Crippen LogP contribution in [0.1, 0.15) is 5.56 Å². The first-order chi connectivity index (χ1) is 6.84. The molecule has 0 amide bonds. The van der Waals surface area contributed by atoms with E-state index in [4.69, 9.17) is 4.74 Å². The standard InChI is InChI=1S/C12H8O2/c13-9-5-8-7-14-12-4-2-1-3-10(12)11(8)6-9/h1-6H,7H2. The number of benzene rings is 1. The van der Waals surface area contributed by atoms with Crippen molar-refractivity contribution in [3.8, 4) is 5.75 Å². The van der Waals surface area contributed by atoms with Gasteiger partial charge in [-0.15, -0.1) is 0 Å². The molecule has 0 unspecified atom stereocenters. The third-order valence-electron chi connectivity index (χ3n) is 2.51. The molecule has 68 valence electrons. The van der Waals surface area contributed by atoms with Crippen molar-refractivity contribution >= 4 is 11.4 Å². The molecule has 2 heteroatoms. The summed E-state index contributed by atoms with van der Waals surface area (Å²) in [7, 11) is 0. The molecule has 3 rings (SSSR count). The fourth-order valence-corrected chi connectivity index (χ4v) is 1.87. The second kappa shape index (κ2) is 2.58. The molecule has 1 aromatic carbocycles. The first kappa shape index (κ1) is 7.56. The summed E-state index contributed by atoms with van der Waals surface area (Å²) in [6, 6.07) is 7.79. The largest absolute Gasteiger partial charge is 0.488 e. The Balaban J connectivity index is 2.24. The van der Waals surface area contributed by atoms with Gasteiger partial charge in [0.2, 0.25) is 0 Å². The molecule has 0 radical (unpaired) electrons. The lowest BCUT2D eigenvalue weighted by Crippen LogP contribution is -2.09. The molecule has 0 atom stereocenters. The Kier molecular flexibility index (Phi) is 1.39. The lowest BCUT2D eigenvalue weighted by molar-refractivity contribution is -0.110. The summed E-state index contributed by atoms with van der Waals surface area (Å²) >= 11 is 0. The number of fused-ring (bicyclic) bond motifs is 3. The van der Waals surface area contributed by atoms with Crippen molar-refractivity contribution in [1.82, 2.24) is 0 Å². The smallest absolute Gasteiger partial charge is 0.179 e. The van der Waals surface area contributed by atoms with Crippen molar-refractivity contribution in [3.05, 3.63) is 47.6 Å². The summed E-state index contributed by atoms with van der Waals surface area (Å²) in [5, 5.41) is 0. The van der Waals surface area contributed by atoms with Crippen LogP contribution in [0.5, 0.6) is 5.75 Å². The zero-order valence-electron chi connectivity index (χ0n) is 7.49. The van der Waals surface area contributed by atoms with E-state index in [1.165, 1.54) is 0 Å². The van der Waals surface area contributed by atoms with E-state index in [9.17, 15) is 4.79 Å². The minimum atomic E-state index is 0.0651. The first-order valence-corrected chi connectivity index (χ1v) is 4.53. The van der Waals surface area contributed by atoms with Crippen LogP contribution in [0.2, 0.25) is 0 Å². The fraction of sp³-hybridized carbons (Fsp3) is 0.0833. The third kappa shape index (κ3) is 0.940. The van der Waals surface area contributed by atoms with Gasteiger partial charge in [0.1, 0.15) is 12.4 Å². The van der Waals surface area contributed by atoms with Crippen molar-refractivity contribution in [2.24, 2.45) is 0 Å². The molecule has 1 heterocycles. The van der Waals surface area contributed by atoms with Gasteiger partial charge in [0, 0.05) is 11.1 Å². The molecule has 1 aromatic rings. The number of ketones is 1. The summed E-state index contributed by atoms with van der Waals surface area (Å²) < 4.78 is 5.52. The summed E-state index contributed by atoms with van der Waals surface area (Å²) in [6.07, 6.45) is 3.32. The predicted molar refractivity (Wildman–Crippen MR) is 53.0 cm³/mol. The number of carbonyl (C=O) groups excluding carboxylic acids is 1. The van der Waals surface area contributed by atoms with Crippen LogP contribution in [0.15, 0.2) is 42.0 Å². The summed E-state index contributed by atoms with van der Waals surface area (Å²) in [5.41, 5.74) is 3.04. The van der Waals surface area contributed by atoms with Crippen LogP contribution >= 0.6 is 0 Å². The van der Waals surface area contributed by atoms with E-state index in [0.29, 0.717) is 6.61 Å². The molecule has 0 fully saturated rings. The molecule has 1 aliphatic heterocycles. The quantitative estimate of drug-likeness (QED) is 0.616. The molecule has 2 aliphatic rings. The van der Waals surface area contributed by atoms with Gasteiger partial charge in [-0.2, -0.15) is 0 Å². The normalized spacial score (nSPS) is 17.9. The Morgan fingerprint density at radius 3 is 2.93 bits per heavy atom. The third-order valence-corrected chi connectivity index (χ3v) is 2.51. The molecule has 0 saturated heterocycles. The van der Waals surface area contributed by atoms with E-state index in [0.717, 1.165) is 22.5 Å². The average molecular weight is 184 g/mol. The van der Waals surface area contributed by atoms with E-state index in [-0.39, 0.29) is 5.78 Å². The summed E-state index contributed by atoms with van der Waals surface area (Å²) in [4.78, 5) is 11.2. The Labute approximate surface area is 81.5 Å². The van der Waals surface area contributed by atoms with Crippen molar-refractivity contribution in [3.63, 3.8) is 0 Å². The SMILES string of the molecule is O=C1C=C2COc3ccccc3C2=C1. The minimum absolute atomic E-state index is 0.0651. The molecule has 14 heavy (non-hydrogen) atoms. The van der Waals surface area contributed by atoms with Crippen LogP contribution in [0.25, 0.3) is 5.57 Å². The monoisotopic (exact) mass is 184 g/mol. The van der Waals surface area contributed by atoms with Crippen LogP contribution in [-0.2, 0) is 4.79 Å². The average Bonchev–Trinajstić information content (AvgIpc) is 2.59. The lowest BCUT2D eigenvalue weighted by Gasteiger charge is -2.20. The number of para-hydroxylation sites is 1. The van der Waals surface area contributed by atoms with Crippen molar-refractivity contribution in [2.75, 3.05) is 6.61 Å². The van der Waals surface area contributed by atoms with E-state index in [1.807, 2.05) is 24.3 Å². The molecular formula is C12H8O2. The zero-order valence-corrected chi connectivity index (χ0v) is 7.49. The fourth-order valence-electron chi connectivity index (χ4n) is 1.87. The van der Waals surface area contributed by atoms with Crippen LogP contribution in [0.4, 0.5) is 0 Å². The lowest BCUT2D eigenvalue weighted by atomic mass is 9.98. The van der Waals surface area contributed by atoms with Gasteiger partial charge in [-0.1, -0.05) is 18.2 Å². The van der Waals surface area contributed by atoms with Gasteiger partial charge in [-0.05, 0) is 23.8 Å². The molecule has 2 nitrogen and oxygen atoms in total. The number of rotatable bonds is 0. The van der Waals surface area contributed by atoms with E-state index in [2.05, 4.69) is 0 Å². The number of allylic oxidation sites excluding steroid dienone is 2. The van der Waals surface area contributed by atoms with E-state index in [1.54, 1.807) is 12.2 Å². The molecule has 0 aromatic heterocycles. The van der Waals surface area contributed by atoms with Gasteiger partial charge in [0.15, 0.2) is 5.78 Å². The maximum atomic E-state index is 11.2. The Morgan fingerprint density at radius 1 is 1.14 bits per heavy atom. The van der Waals surface area contributed by atoms with Gasteiger partial charge >= 0.3 is 0 Å². The van der Waals surface area contributed by atoms with E-state index < -0.39 is 0 Å². The van der Waals surface area contributed by atoms with Crippen LogP contribution in [0.3, 0.4) is 0 Å². The van der Waals surface area contributed by atoms with Crippen LogP contribution < -0.4 is 4.74 Å². The highest BCUT2D eigenvalue weighted by molar-refractivity contribution is 6.14. The van der Waals surface area contributed by atoms with Crippen molar-refractivity contribution in [2.45, 2.75) is 0 Å². The van der Waals surface area contributed by atoms with Gasteiger partial charge in [-0.3, -0.25) is 4.79 Å². The Morgan fingerprint density at radius 2 is 2.00 bits per heavy atom. The first-order valence-electron chi connectivity index (χ1n) is 4.53. The molecular weight excluding hydrogens is 176 g/mol. The van der Waals surface area contributed by atoms with Gasteiger partial charge in [0.05, 0.1) is 0 Å². The molecule has 0 bridgehead atoms. The second-order valence-corrected chi connectivity index (χ2v) is 3.41. The number of hydrogen-bond donors (Lipinski definition) is 0. The van der Waals surface area contributed by atoms with Crippen LogP contribution in [0, 0.1) is 0 Å². The molecule has 0 N–H and O–H groups in total. The number of ether oxygens (including phenoxy) is 1. The van der Waals surface area contributed by atoms with Crippen molar-refractivity contribution in [1.29, 1.82) is 0 Å². The number of hydrogen-bond acceptors (Lipinski definition) is 2. The van der Waals surface area contributed by atoms with Gasteiger partial charge in [-0.25, -0.2) is 0 Å². The zero-order chi connectivity index (χ0) is 9.54. The Bertz CT molecular complexity index is 481. The van der Waals surface area contributed by atoms with Crippen LogP contribution in [-0.4, -0.2) is 12.4 Å². The maximum absolute atomic E-state index is 11.2. The predicted octanol–water partition coefficient (Wildman–Crippen LogP) is 1.97. The number of carbonyl (C=O) groups is 1. The summed E-state index contributed by atoms with van der Waals surface area (Å²) in [6.45, 7) is 0.509. The van der Waals surface area contributed by atoms with Crippen molar-refractivity contribution < 1.29 is 9.53 Å². The Hall–Kier alpha value is -1.83. The highest BCUT2D eigenvalue weighted by Gasteiger charge is 2.23. The molecule has 0 saturated carbocycles. The minimum Gasteiger partial charge on any atom is -0.488 e. The van der Waals surface area contributed by atoms with Gasteiger partial charge < -0.3 is 4.74 Å².